The van der Waals surface area contributed by atoms with Crippen molar-refractivity contribution in [2.75, 3.05) is 7.11 Å². The molecule has 1 rings (SSSR count). The van der Waals surface area contributed by atoms with Crippen molar-refractivity contribution < 1.29 is 4.74 Å². The molecule has 1 aromatic carbocycles. The van der Waals surface area contributed by atoms with Crippen LogP contribution in [-0.2, 0) is 6.54 Å². The molecule has 2 heteroatoms. The second kappa shape index (κ2) is 5.56. The van der Waals surface area contributed by atoms with E-state index in [-0.39, 0.29) is 0 Å². The zero-order valence-corrected chi connectivity index (χ0v) is 9.71. The van der Waals surface area contributed by atoms with Crippen molar-refractivity contribution in [1.29, 1.82) is 0 Å². The number of ether oxygens (including phenoxy) is 1. The minimum absolute atomic E-state index is 0.474. The van der Waals surface area contributed by atoms with E-state index < -0.39 is 0 Å². The summed E-state index contributed by atoms with van der Waals surface area (Å²) in [6.45, 7) is 8.84. The molecular formula is C13H19NO. The largest absolute Gasteiger partial charge is 0.496 e. The van der Waals surface area contributed by atoms with Crippen LogP contribution in [0.4, 0.5) is 0 Å². The molecule has 0 saturated carbocycles. The van der Waals surface area contributed by atoms with Gasteiger partial charge in [-0.3, -0.25) is 0 Å². The van der Waals surface area contributed by atoms with E-state index in [0.29, 0.717) is 6.04 Å². The van der Waals surface area contributed by atoms with Gasteiger partial charge in [-0.1, -0.05) is 32.6 Å². The lowest BCUT2D eigenvalue weighted by molar-refractivity contribution is 0.406. The molecule has 0 aliphatic carbocycles. The summed E-state index contributed by atoms with van der Waals surface area (Å²) in [7, 11) is 1.70. The zero-order valence-electron chi connectivity index (χ0n) is 9.71. The van der Waals surface area contributed by atoms with E-state index in [1.807, 2.05) is 18.2 Å². The van der Waals surface area contributed by atoms with E-state index in [1.165, 1.54) is 5.56 Å². The smallest absolute Gasteiger partial charge is 0.123 e. The maximum absolute atomic E-state index is 5.30. The summed E-state index contributed by atoms with van der Waals surface area (Å²) >= 11 is 0. The number of benzene rings is 1. The summed E-state index contributed by atoms with van der Waals surface area (Å²) in [4.78, 5) is 0. The number of rotatable bonds is 5. The monoisotopic (exact) mass is 205 g/mol. The Balaban J connectivity index is 2.85. The van der Waals surface area contributed by atoms with Crippen LogP contribution in [0.1, 0.15) is 25.0 Å². The lowest BCUT2D eigenvalue weighted by Gasteiger charge is -2.12. The van der Waals surface area contributed by atoms with Gasteiger partial charge in [-0.25, -0.2) is 0 Å². The molecule has 0 saturated heterocycles. The maximum atomic E-state index is 5.30. The van der Waals surface area contributed by atoms with Crippen molar-refractivity contribution in [2.45, 2.75) is 26.4 Å². The van der Waals surface area contributed by atoms with E-state index in [2.05, 4.69) is 31.8 Å². The van der Waals surface area contributed by atoms with Crippen LogP contribution >= 0.6 is 0 Å². The fourth-order valence-electron chi connectivity index (χ4n) is 1.38. The molecule has 15 heavy (non-hydrogen) atoms. The highest BCUT2D eigenvalue weighted by Crippen LogP contribution is 2.20. The van der Waals surface area contributed by atoms with Crippen molar-refractivity contribution in [2.24, 2.45) is 0 Å². The zero-order chi connectivity index (χ0) is 11.3. The molecule has 1 aromatic rings. The van der Waals surface area contributed by atoms with E-state index in [9.17, 15) is 0 Å². The van der Waals surface area contributed by atoms with Crippen LogP contribution in [0.15, 0.2) is 24.8 Å². The first-order chi connectivity index (χ1) is 7.17. The quantitative estimate of drug-likeness (QED) is 0.798. The van der Waals surface area contributed by atoms with Crippen LogP contribution in [0.2, 0.25) is 0 Å². The molecular weight excluding hydrogens is 186 g/mol. The fourth-order valence-corrected chi connectivity index (χ4v) is 1.38. The normalized spacial score (nSPS) is 10.4. The Morgan fingerprint density at radius 3 is 2.73 bits per heavy atom. The van der Waals surface area contributed by atoms with E-state index >= 15 is 0 Å². The summed E-state index contributed by atoms with van der Waals surface area (Å²) in [5.41, 5.74) is 2.29. The van der Waals surface area contributed by atoms with Crippen molar-refractivity contribution in [3.63, 3.8) is 0 Å². The van der Waals surface area contributed by atoms with Gasteiger partial charge in [0.15, 0.2) is 0 Å². The van der Waals surface area contributed by atoms with Gasteiger partial charge in [-0.2, -0.15) is 0 Å². The van der Waals surface area contributed by atoms with Crippen LogP contribution in [-0.4, -0.2) is 13.2 Å². The molecule has 0 aliphatic heterocycles. The van der Waals surface area contributed by atoms with Gasteiger partial charge in [0, 0.05) is 18.2 Å². The van der Waals surface area contributed by atoms with Crippen molar-refractivity contribution >= 4 is 6.08 Å². The third-order valence-corrected chi connectivity index (χ3v) is 2.24. The average molecular weight is 205 g/mol. The predicted molar refractivity (Wildman–Crippen MR) is 65.1 cm³/mol. The molecule has 0 atom stereocenters. The van der Waals surface area contributed by atoms with Gasteiger partial charge in [0.25, 0.3) is 0 Å². The molecule has 0 aromatic heterocycles. The standard InChI is InChI=1S/C13H19NO/c1-5-11-6-7-13(15-4)12(8-11)9-14-10(2)3/h5-8,10,14H,1,9H2,2-4H3. The number of methoxy groups -OCH3 is 1. The third kappa shape index (κ3) is 3.40. The molecule has 0 heterocycles. The Morgan fingerprint density at radius 2 is 2.20 bits per heavy atom. The first-order valence-electron chi connectivity index (χ1n) is 5.20. The fraction of sp³-hybridized carbons (Fsp3) is 0.385. The second-order valence-electron chi connectivity index (χ2n) is 3.81. The minimum Gasteiger partial charge on any atom is -0.496 e. The highest BCUT2D eigenvalue weighted by atomic mass is 16.5. The van der Waals surface area contributed by atoms with Gasteiger partial charge >= 0.3 is 0 Å². The van der Waals surface area contributed by atoms with Crippen LogP contribution < -0.4 is 10.1 Å². The molecule has 0 unspecified atom stereocenters. The van der Waals surface area contributed by atoms with E-state index in [1.54, 1.807) is 7.11 Å². The predicted octanol–water partition coefficient (Wildman–Crippen LogP) is 2.84. The minimum atomic E-state index is 0.474. The highest BCUT2D eigenvalue weighted by Gasteiger charge is 2.03. The topological polar surface area (TPSA) is 21.3 Å². The summed E-state index contributed by atoms with van der Waals surface area (Å²) in [6, 6.07) is 6.56. The van der Waals surface area contributed by atoms with Crippen LogP contribution in [0.3, 0.4) is 0 Å². The van der Waals surface area contributed by atoms with Crippen LogP contribution in [0.25, 0.3) is 6.08 Å². The summed E-state index contributed by atoms with van der Waals surface area (Å²) < 4.78 is 5.30. The van der Waals surface area contributed by atoms with Gasteiger partial charge in [0.05, 0.1) is 7.11 Å². The molecule has 1 N–H and O–H groups in total. The first kappa shape index (κ1) is 11.8. The highest BCUT2D eigenvalue weighted by molar-refractivity contribution is 5.51. The van der Waals surface area contributed by atoms with Gasteiger partial charge in [-0.15, -0.1) is 0 Å². The lowest BCUT2D eigenvalue weighted by atomic mass is 10.1. The summed E-state index contributed by atoms with van der Waals surface area (Å²) in [6.07, 6.45) is 1.85. The molecule has 0 bridgehead atoms. The molecule has 0 aliphatic rings. The number of hydrogen-bond acceptors (Lipinski definition) is 2. The van der Waals surface area contributed by atoms with Gasteiger partial charge in [-0.05, 0) is 17.7 Å². The van der Waals surface area contributed by atoms with Gasteiger partial charge in [0.1, 0.15) is 5.75 Å². The Kier molecular flexibility index (Phi) is 4.37. The molecule has 0 amide bonds. The summed E-state index contributed by atoms with van der Waals surface area (Å²) in [5.74, 6) is 0.925. The Bertz CT molecular complexity index is 331. The summed E-state index contributed by atoms with van der Waals surface area (Å²) in [5, 5.41) is 3.37. The molecule has 82 valence electrons. The second-order valence-corrected chi connectivity index (χ2v) is 3.81. The third-order valence-electron chi connectivity index (χ3n) is 2.24. The number of hydrogen-bond donors (Lipinski definition) is 1. The van der Waals surface area contributed by atoms with Crippen molar-refractivity contribution in [3.05, 3.63) is 35.9 Å². The molecule has 2 nitrogen and oxygen atoms in total. The van der Waals surface area contributed by atoms with Gasteiger partial charge < -0.3 is 10.1 Å². The van der Waals surface area contributed by atoms with Crippen LogP contribution in [0.5, 0.6) is 5.75 Å². The molecule has 0 radical (unpaired) electrons. The SMILES string of the molecule is C=Cc1ccc(OC)c(CNC(C)C)c1. The van der Waals surface area contributed by atoms with E-state index in [4.69, 9.17) is 4.74 Å². The first-order valence-corrected chi connectivity index (χ1v) is 5.20. The van der Waals surface area contributed by atoms with Gasteiger partial charge in [0.2, 0.25) is 0 Å². The van der Waals surface area contributed by atoms with E-state index in [0.717, 1.165) is 17.9 Å². The average Bonchev–Trinajstić information content (AvgIpc) is 2.25. The van der Waals surface area contributed by atoms with Crippen molar-refractivity contribution in [1.82, 2.24) is 5.32 Å². The Labute approximate surface area is 92.0 Å². The maximum Gasteiger partial charge on any atom is 0.123 e. The lowest BCUT2D eigenvalue weighted by Crippen LogP contribution is -2.22. The molecule has 0 fully saturated rings. The van der Waals surface area contributed by atoms with Crippen molar-refractivity contribution in [3.8, 4) is 5.75 Å². The Morgan fingerprint density at radius 1 is 1.47 bits per heavy atom. The number of nitrogens with one attached hydrogen (secondary N) is 1. The Hall–Kier alpha value is -1.28. The molecule has 0 spiro atoms. The van der Waals surface area contributed by atoms with Crippen LogP contribution in [0, 0.1) is 0 Å².